The number of rotatable bonds is 4. The van der Waals surface area contributed by atoms with Gasteiger partial charge in [0, 0.05) is 6.54 Å². The molecule has 0 spiro atoms. The molecule has 0 N–H and O–H groups in total. The average Bonchev–Trinajstić information content (AvgIpc) is 3.30. The monoisotopic (exact) mass is 417 g/mol. The topological polar surface area (TPSA) is 55.2 Å². The van der Waals surface area contributed by atoms with Crippen LogP contribution in [0.15, 0.2) is 71.6 Å². The minimum atomic E-state index is -3.68. The third-order valence-corrected chi connectivity index (χ3v) is 7.97. The number of benzene rings is 3. The Hall–Kier alpha value is -3.12. The Morgan fingerprint density at radius 2 is 1.67 bits per heavy atom. The maximum atomic E-state index is 13.6. The first-order valence-corrected chi connectivity index (χ1v) is 11.5. The molecule has 152 valence electrons. The van der Waals surface area contributed by atoms with E-state index in [-0.39, 0.29) is 0 Å². The standard InChI is InChI=1S/C24H23N3O2S/c1-17-24(30(28,29)27-15-14-20-9-4-6-13-23(20)27)18(2)26(25-17)16-21-11-7-10-19-8-3-5-12-22(19)21/h3-13H,14-16H2,1-2H3. The Balaban J connectivity index is 1.56. The molecule has 30 heavy (non-hydrogen) atoms. The largest absolute Gasteiger partial charge is 0.268 e. The molecule has 0 saturated carbocycles. The molecule has 0 unspecified atom stereocenters. The fraction of sp³-hybridized carbons (Fsp3) is 0.208. The van der Waals surface area contributed by atoms with Crippen molar-refractivity contribution in [1.82, 2.24) is 9.78 Å². The Bertz CT molecular complexity index is 1370. The van der Waals surface area contributed by atoms with Gasteiger partial charge in [-0.3, -0.25) is 8.99 Å². The van der Waals surface area contributed by atoms with Crippen molar-refractivity contribution in [3.8, 4) is 0 Å². The summed E-state index contributed by atoms with van der Waals surface area (Å²) in [5.74, 6) is 0. The van der Waals surface area contributed by atoms with E-state index >= 15 is 0 Å². The molecule has 0 bridgehead atoms. The first kappa shape index (κ1) is 18.9. The van der Waals surface area contributed by atoms with Crippen molar-refractivity contribution in [2.45, 2.75) is 31.7 Å². The van der Waals surface area contributed by atoms with E-state index in [0.29, 0.717) is 29.4 Å². The predicted molar refractivity (Wildman–Crippen MR) is 119 cm³/mol. The van der Waals surface area contributed by atoms with E-state index in [1.807, 2.05) is 54.1 Å². The molecule has 0 fully saturated rings. The molecule has 0 radical (unpaired) electrons. The van der Waals surface area contributed by atoms with Crippen molar-refractivity contribution < 1.29 is 8.42 Å². The number of aromatic nitrogens is 2. The van der Waals surface area contributed by atoms with E-state index in [0.717, 1.165) is 34.0 Å². The van der Waals surface area contributed by atoms with Crippen molar-refractivity contribution in [3.05, 3.63) is 89.2 Å². The molecule has 4 aromatic rings. The SMILES string of the molecule is Cc1nn(Cc2cccc3ccccc23)c(C)c1S(=O)(=O)N1CCc2ccccc21. The lowest BCUT2D eigenvalue weighted by atomic mass is 10.0. The molecule has 5 rings (SSSR count). The quantitative estimate of drug-likeness (QED) is 0.493. The van der Waals surface area contributed by atoms with E-state index in [4.69, 9.17) is 0 Å². The molecule has 6 heteroatoms. The van der Waals surface area contributed by atoms with Crippen molar-refractivity contribution in [2.24, 2.45) is 0 Å². The van der Waals surface area contributed by atoms with Crippen LogP contribution in [0, 0.1) is 13.8 Å². The van der Waals surface area contributed by atoms with Gasteiger partial charge in [0.15, 0.2) is 0 Å². The van der Waals surface area contributed by atoms with E-state index in [2.05, 4.69) is 29.4 Å². The normalized spacial score (nSPS) is 13.7. The van der Waals surface area contributed by atoms with Crippen LogP contribution in [0.2, 0.25) is 0 Å². The Labute approximate surface area is 176 Å². The minimum Gasteiger partial charge on any atom is -0.266 e. The molecule has 0 aliphatic carbocycles. The fourth-order valence-corrected chi connectivity index (χ4v) is 6.35. The van der Waals surface area contributed by atoms with Gasteiger partial charge in [-0.15, -0.1) is 0 Å². The van der Waals surface area contributed by atoms with Crippen molar-refractivity contribution in [1.29, 1.82) is 0 Å². The summed E-state index contributed by atoms with van der Waals surface area (Å²) in [5, 5.41) is 6.94. The molecule has 2 heterocycles. The van der Waals surface area contributed by atoms with Crippen LogP contribution in [0.5, 0.6) is 0 Å². The van der Waals surface area contributed by atoms with Crippen LogP contribution in [-0.2, 0) is 23.0 Å². The lowest BCUT2D eigenvalue weighted by Gasteiger charge is -2.20. The molecule has 5 nitrogen and oxygen atoms in total. The van der Waals surface area contributed by atoms with Gasteiger partial charge in [-0.2, -0.15) is 5.10 Å². The molecule has 1 aliphatic rings. The summed E-state index contributed by atoms with van der Waals surface area (Å²) in [4.78, 5) is 0.319. The van der Waals surface area contributed by atoms with Crippen molar-refractivity contribution in [3.63, 3.8) is 0 Å². The molecule has 0 amide bonds. The maximum absolute atomic E-state index is 13.6. The number of para-hydroxylation sites is 1. The van der Waals surface area contributed by atoms with Gasteiger partial charge >= 0.3 is 0 Å². The van der Waals surface area contributed by atoms with Crippen LogP contribution in [-0.4, -0.2) is 24.7 Å². The Morgan fingerprint density at radius 3 is 2.53 bits per heavy atom. The summed E-state index contributed by atoms with van der Waals surface area (Å²) < 4.78 is 30.5. The van der Waals surface area contributed by atoms with Crippen LogP contribution in [0.1, 0.15) is 22.5 Å². The minimum absolute atomic E-state index is 0.319. The highest BCUT2D eigenvalue weighted by atomic mass is 32.2. The first-order chi connectivity index (χ1) is 14.5. The molecular formula is C24H23N3O2S. The van der Waals surface area contributed by atoms with Gasteiger partial charge in [0.2, 0.25) is 0 Å². The molecule has 3 aromatic carbocycles. The van der Waals surface area contributed by atoms with Gasteiger partial charge in [0.05, 0.1) is 23.6 Å². The summed E-state index contributed by atoms with van der Waals surface area (Å²) in [6.45, 7) is 4.62. The van der Waals surface area contributed by atoms with Crippen LogP contribution in [0.25, 0.3) is 10.8 Å². The number of hydrogen-bond acceptors (Lipinski definition) is 3. The van der Waals surface area contributed by atoms with E-state index in [9.17, 15) is 8.42 Å². The van der Waals surface area contributed by atoms with Crippen LogP contribution >= 0.6 is 0 Å². The molecule has 1 aliphatic heterocycles. The molecule has 0 saturated heterocycles. The molecular weight excluding hydrogens is 394 g/mol. The van der Waals surface area contributed by atoms with Crippen molar-refractivity contribution in [2.75, 3.05) is 10.8 Å². The number of fused-ring (bicyclic) bond motifs is 2. The highest BCUT2D eigenvalue weighted by Gasteiger charge is 2.34. The van der Waals surface area contributed by atoms with Gasteiger partial charge in [-0.25, -0.2) is 8.42 Å². The van der Waals surface area contributed by atoms with Gasteiger partial charge in [-0.1, -0.05) is 60.7 Å². The highest BCUT2D eigenvalue weighted by molar-refractivity contribution is 7.93. The van der Waals surface area contributed by atoms with Crippen LogP contribution in [0.3, 0.4) is 0 Å². The number of anilines is 1. The van der Waals surface area contributed by atoms with Crippen LogP contribution < -0.4 is 4.31 Å². The third kappa shape index (κ3) is 2.91. The summed E-state index contributed by atoms with van der Waals surface area (Å²) in [6.07, 6.45) is 0.734. The first-order valence-electron chi connectivity index (χ1n) is 10.1. The Morgan fingerprint density at radius 1 is 0.933 bits per heavy atom. The lowest BCUT2D eigenvalue weighted by molar-refractivity contribution is 0.590. The fourth-order valence-electron chi connectivity index (χ4n) is 4.47. The Kier molecular flexibility index (Phi) is 4.40. The second kappa shape index (κ2) is 6.99. The highest BCUT2D eigenvalue weighted by Crippen LogP contribution is 2.34. The van der Waals surface area contributed by atoms with E-state index in [1.165, 1.54) is 4.31 Å². The maximum Gasteiger partial charge on any atom is 0.268 e. The summed E-state index contributed by atoms with van der Waals surface area (Å²) >= 11 is 0. The zero-order valence-electron chi connectivity index (χ0n) is 17.0. The van der Waals surface area contributed by atoms with Gasteiger partial charge in [-0.05, 0) is 48.2 Å². The number of aryl methyl sites for hydroxylation is 1. The summed E-state index contributed by atoms with van der Waals surface area (Å²) in [6, 6.07) is 22.1. The van der Waals surface area contributed by atoms with Gasteiger partial charge in [0.25, 0.3) is 10.0 Å². The number of hydrogen-bond donors (Lipinski definition) is 0. The predicted octanol–water partition coefficient (Wildman–Crippen LogP) is 4.45. The second-order valence-corrected chi connectivity index (χ2v) is 9.55. The zero-order valence-corrected chi connectivity index (χ0v) is 17.9. The number of sulfonamides is 1. The van der Waals surface area contributed by atoms with Gasteiger partial charge < -0.3 is 0 Å². The molecule has 0 atom stereocenters. The average molecular weight is 418 g/mol. The second-order valence-electron chi connectivity index (χ2n) is 7.75. The van der Waals surface area contributed by atoms with Gasteiger partial charge in [0.1, 0.15) is 4.90 Å². The van der Waals surface area contributed by atoms with E-state index < -0.39 is 10.0 Å². The number of nitrogens with zero attached hydrogens (tertiary/aromatic N) is 3. The van der Waals surface area contributed by atoms with Crippen molar-refractivity contribution >= 4 is 26.5 Å². The van der Waals surface area contributed by atoms with E-state index in [1.54, 1.807) is 6.92 Å². The zero-order chi connectivity index (χ0) is 20.9. The molecule has 1 aromatic heterocycles. The summed E-state index contributed by atoms with van der Waals surface area (Å²) in [7, 11) is -3.68. The van der Waals surface area contributed by atoms with Crippen LogP contribution in [0.4, 0.5) is 5.69 Å². The smallest absolute Gasteiger partial charge is 0.266 e. The third-order valence-electron chi connectivity index (χ3n) is 5.91. The lowest BCUT2D eigenvalue weighted by Crippen LogP contribution is -2.30. The summed E-state index contributed by atoms with van der Waals surface area (Å²) in [5.41, 5.74) is 4.17.